The van der Waals surface area contributed by atoms with E-state index in [1.54, 1.807) is 0 Å². The molecule has 0 radical (unpaired) electrons. The molecule has 1 aromatic rings. The maximum absolute atomic E-state index is 12.5. The number of aliphatic hydroxyl groups excluding tert-OH is 2. The van der Waals surface area contributed by atoms with E-state index in [1.807, 2.05) is 4.72 Å². The maximum atomic E-state index is 12.5. The molecular formula is C29H44N2O7S. The highest BCUT2D eigenvalue weighted by Gasteiger charge is 2.62. The van der Waals surface area contributed by atoms with Crippen LogP contribution >= 0.6 is 0 Å². The van der Waals surface area contributed by atoms with Crippen LogP contribution in [0.1, 0.15) is 72.1 Å². The van der Waals surface area contributed by atoms with Gasteiger partial charge in [-0.25, -0.2) is 14.5 Å². The third-order valence-electron chi connectivity index (χ3n) is 11.3. The zero-order valence-corrected chi connectivity index (χ0v) is 24.3. The molecule has 10 atom stereocenters. The molecule has 0 spiro atoms. The minimum Gasteiger partial charge on any atom is -0.495 e. The van der Waals surface area contributed by atoms with Gasteiger partial charge >= 0.3 is 6.09 Å². The Morgan fingerprint density at radius 1 is 1.10 bits per heavy atom. The van der Waals surface area contributed by atoms with Crippen LogP contribution in [0.2, 0.25) is 0 Å². The highest BCUT2D eigenvalue weighted by molar-refractivity contribution is 7.90. The number of hydrogen-bond acceptors (Lipinski definition) is 8. The third-order valence-corrected chi connectivity index (χ3v) is 12.6. The molecule has 218 valence electrons. The van der Waals surface area contributed by atoms with E-state index in [9.17, 15) is 23.4 Å². The number of nitrogens with zero attached hydrogens (tertiary/aromatic N) is 1. The summed E-state index contributed by atoms with van der Waals surface area (Å²) in [6.07, 6.45) is 7.39. The molecule has 4 aliphatic carbocycles. The number of aromatic nitrogens is 1. The number of carbonyl (C=O) groups is 1. The third kappa shape index (κ3) is 5.05. The monoisotopic (exact) mass is 564 g/mol. The van der Waals surface area contributed by atoms with E-state index in [0.717, 1.165) is 51.4 Å². The first-order valence-electron chi connectivity index (χ1n) is 14.4. The number of hydrogen-bond donors (Lipinski definition) is 3. The lowest BCUT2D eigenvalue weighted by Crippen LogP contribution is -2.58. The minimum atomic E-state index is -4.16. The molecule has 0 aromatic carbocycles. The van der Waals surface area contributed by atoms with Gasteiger partial charge in [-0.15, -0.1) is 0 Å². The second-order valence-corrected chi connectivity index (χ2v) is 14.8. The summed E-state index contributed by atoms with van der Waals surface area (Å²) in [4.78, 5) is 16.3. The molecule has 9 nitrogen and oxygen atoms in total. The Kier molecular flexibility index (Phi) is 7.70. The molecule has 39 heavy (non-hydrogen) atoms. The molecule has 1 heterocycles. The Morgan fingerprint density at radius 2 is 1.82 bits per heavy atom. The van der Waals surface area contributed by atoms with Crippen LogP contribution in [0.5, 0.6) is 5.75 Å². The second kappa shape index (κ2) is 10.5. The first-order valence-corrected chi connectivity index (χ1v) is 15.9. The molecule has 0 saturated heterocycles. The van der Waals surface area contributed by atoms with Gasteiger partial charge < -0.3 is 19.7 Å². The van der Waals surface area contributed by atoms with Gasteiger partial charge in [0.05, 0.1) is 32.1 Å². The predicted molar refractivity (Wildman–Crippen MR) is 144 cm³/mol. The lowest BCUT2D eigenvalue weighted by Gasteiger charge is -2.62. The largest absolute Gasteiger partial charge is 0.495 e. The van der Waals surface area contributed by atoms with Crippen LogP contribution in [0.3, 0.4) is 0 Å². The summed E-state index contributed by atoms with van der Waals surface area (Å²) in [5, 5.41) is 21.4. The predicted octanol–water partition coefficient (Wildman–Crippen LogP) is 4.13. The second-order valence-electron chi connectivity index (χ2n) is 13.2. The number of sulfonamides is 1. The first kappa shape index (κ1) is 28.6. The van der Waals surface area contributed by atoms with Crippen molar-refractivity contribution in [3.8, 4) is 5.75 Å². The normalized spacial score (nSPS) is 40.5. The van der Waals surface area contributed by atoms with E-state index in [1.165, 1.54) is 25.4 Å². The Hall–Kier alpha value is -1.91. The summed E-state index contributed by atoms with van der Waals surface area (Å²) >= 11 is 0. The number of aliphatic hydroxyl groups is 2. The summed E-state index contributed by atoms with van der Waals surface area (Å²) in [6.45, 7) is 6.97. The van der Waals surface area contributed by atoms with Crippen molar-refractivity contribution in [1.29, 1.82) is 0 Å². The summed E-state index contributed by atoms with van der Waals surface area (Å²) in [7, 11) is -2.70. The number of fused-ring (bicyclic) bond motifs is 5. The van der Waals surface area contributed by atoms with Crippen molar-refractivity contribution in [1.82, 2.24) is 9.71 Å². The van der Waals surface area contributed by atoms with Crippen molar-refractivity contribution in [3.05, 3.63) is 18.3 Å². The highest BCUT2D eigenvalue weighted by atomic mass is 32.2. The van der Waals surface area contributed by atoms with Gasteiger partial charge in [0, 0.05) is 0 Å². The van der Waals surface area contributed by atoms with Gasteiger partial charge in [0.1, 0.15) is 5.75 Å². The van der Waals surface area contributed by atoms with Gasteiger partial charge in [0.15, 0.2) is 5.03 Å². The van der Waals surface area contributed by atoms with Gasteiger partial charge in [-0.1, -0.05) is 20.8 Å². The molecule has 3 N–H and O–H groups in total. The van der Waals surface area contributed by atoms with E-state index in [-0.39, 0.29) is 46.5 Å². The first-order chi connectivity index (χ1) is 18.4. The molecule has 1 aromatic heterocycles. The van der Waals surface area contributed by atoms with E-state index in [2.05, 4.69) is 25.8 Å². The quantitative estimate of drug-likeness (QED) is 0.469. The van der Waals surface area contributed by atoms with Crippen LogP contribution in [0.4, 0.5) is 4.79 Å². The van der Waals surface area contributed by atoms with Gasteiger partial charge in [0.25, 0.3) is 10.0 Å². The maximum Gasteiger partial charge on any atom is 0.421 e. The zero-order valence-electron chi connectivity index (χ0n) is 23.5. The molecule has 1 amide bonds. The fourth-order valence-electron chi connectivity index (χ4n) is 9.34. The number of ether oxygens (including phenoxy) is 2. The van der Waals surface area contributed by atoms with Gasteiger partial charge in [-0.05, 0) is 110 Å². The minimum absolute atomic E-state index is 0.0396. The molecular weight excluding hydrogens is 520 g/mol. The summed E-state index contributed by atoms with van der Waals surface area (Å²) in [5.41, 5.74) is 0.220. The van der Waals surface area contributed by atoms with Crippen molar-refractivity contribution >= 4 is 16.1 Å². The Morgan fingerprint density at radius 3 is 2.51 bits per heavy atom. The lowest BCUT2D eigenvalue weighted by atomic mass is 9.43. The average molecular weight is 565 g/mol. The van der Waals surface area contributed by atoms with Crippen LogP contribution < -0.4 is 9.46 Å². The highest BCUT2D eigenvalue weighted by Crippen LogP contribution is 2.68. The van der Waals surface area contributed by atoms with E-state index < -0.39 is 16.1 Å². The van der Waals surface area contributed by atoms with Crippen LogP contribution in [0.25, 0.3) is 0 Å². The Bertz CT molecular complexity index is 1160. The standard InChI is InChI=1S/C29H44N2O7S/c1-17(16-38-27(34)31-39(35,36)25-8-5-20(37-4)15-30-25)21-6-7-22-26-23(10-12-29(21,22)3)28(2)11-9-19(32)13-18(28)14-24(26)33/h5,8,15,17-19,21-24,26,32-33H,6-7,9-14,16H2,1-4H3,(H,31,34)/t17-,18+,19-,21-,22+,23+,24-,26+,28+,29-/m1/s1. The fourth-order valence-corrected chi connectivity index (χ4v) is 10.2. The number of rotatable bonds is 6. The summed E-state index contributed by atoms with van der Waals surface area (Å²) in [5.74, 6) is 2.33. The van der Waals surface area contributed by atoms with Crippen molar-refractivity contribution in [2.24, 2.45) is 46.3 Å². The molecule has 0 bridgehead atoms. The average Bonchev–Trinajstić information content (AvgIpc) is 3.25. The van der Waals surface area contributed by atoms with Crippen molar-refractivity contribution in [2.75, 3.05) is 13.7 Å². The van der Waals surface area contributed by atoms with Crippen LogP contribution in [0, 0.1) is 46.3 Å². The molecule has 4 saturated carbocycles. The van der Waals surface area contributed by atoms with Gasteiger partial charge in [-0.2, -0.15) is 8.42 Å². The van der Waals surface area contributed by atoms with Gasteiger partial charge in [0.2, 0.25) is 0 Å². The number of methoxy groups -OCH3 is 1. The molecule has 0 aliphatic heterocycles. The van der Waals surface area contributed by atoms with Crippen molar-refractivity contribution < 1.29 is 32.9 Å². The number of amides is 1. The number of nitrogens with one attached hydrogen (secondary N) is 1. The van der Waals surface area contributed by atoms with Gasteiger partial charge in [-0.3, -0.25) is 0 Å². The van der Waals surface area contributed by atoms with E-state index >= 15 is 0 Å². The Balaban J connectivity index is 1.22. The molecule has 10 heteroatoms. The number of carbonyl (C=O) groups excluding carboxylic acids is 1. The zero-order chi connectivity index (χ0) is 28.2. The van der Waals surface area contributed by atoms with Crippen molar-refractivity contribution in [2.45, 2.75) is 89.4 Å². The summed E-state index contributed by atoms with van der Waals surface area (Å²) in [6, 6.07) is 2.73. The summed E-state index contributed by atoms with van der Waals surface area (Å²) < 4.78 is 37.4. The molecule has 4 fully saturated rings. The van der Waals surface area contributed by atoms with E-state index in [0.29, 0.717) is 29.4 Å². The number of pyridine rings is 1. The molecule has 0 unspecified atom stereocenters. The molecule has 5 rings (SSSR count). The smallest absolute Gasteiger partial charge is 0.421 e. The fraction of sp³-hybridized carbons (Fsp3) is 0.793. The topological polar surface area (TPSA) is 135 Å². The SMILES string of the molecule is COc1ccc(S(=O)(=O)NC(=O)OC[C@@H](C)[C@H]2CC[C@H]3[C@@H]4[C@H](O)C[C@@H]5C[C@H](O)CC[C@]5(C)[C@H]4CC[C@]23C)nc1. The van der Waals surface area contributed by atoms with Crippen LogP contribution in [-0.4, -0.2) is 55.6 Å². The van der Waals surface area contributed by atoms with Crippen LogP contribution in [0.15, 0.2) is 23.4 Å². The van der Waals surface area contributed by atoms with Crippen molar-refractivity contribution in [3.63, 3.8) is 0 Å². The molecule has 4 aliphatic rings. The van der Waals surface area contributed by atoms with E-state index in [4.69, 9.17) is 9.47 Å². The lowest BCUT2D eigenvalue weighted by molar-refractivity contribution is -0.174. The Labute approximate surface area is 232 Å². The van der Waals surface area contributed by atoms with Crippen LogP contribution in [-0.2, 0) is 14.8 Å².